The number of benzene rings is 3. The predicted molar refractivity (Wildman–Crippen MR) is 159 cm³/mol. The Hall–Kier alpha value is -3.99. The lowest BCUT2D eigenvalue weighted by Gasteiger charge is -2.32. The fraction of sp³-hybridized carbons (Fsp3) is 0.333. The number of piperidine rings is 1. The monoisotopic (exact) mass is 582 g/mol. The molecule has 0 aromatic heterocycles. The molecule has 1 heterocycles. The molecule has 1 unspecified atom stereocenters. The van der Waals surface area contributed by atoms with Crippen LogP contribution in [0.25, 0.3) is 0 Å². The predicted octanol–water partition coefficient (Wildman–Crippen LogP) is 5.44. The molecule has 218 valence electrons. The number of nitrogens with zero attached hydrogens (tertiary/aromatic N) is 1. The number of aryl methyl sites for hydroxylation is 1. The molecule has 0 radical (unpaired) electrons. The van der Waals surface area contributed by atoms with Gasteiger partial charge in [-0.05, 0) is 73.2 Å². The van der Waals surface area contributed by atoms with Gasteiger partial charge in [-0.1, -0.05) is 29.8 Å². The van der Waals surface area contributed by atoms with Crippen molar-refractivity contribution in [3.8, 4) is 11.5 Å². The minimum absolute atomic E-state index is 0.0638. The maximum Gasteiger partial charge on any atom is 0.323 e. The highest BCUT2D eigenvalue weighted by Gasteiger charge is 2.24. The highest BCUT2D eigenvalue weighted by molar-refractivity contribution is 6.33. The molecule has 0 bridgehead atoms. The minimum Gasteiger partial charge on any atom is -0.495 e. The number of rotatable bonds is 9. The van der Waals surface area contributed by atoms with Crippen molar-refractivity contribution in [2.24, 2.45) is 0 Å². The Kier molecular flexibility index (Phi) is 10.3. The van der Waals surface area contributed by atoms with E-state index in [1.807, 2.05) is 49.4 Å². The van der Waals surface area contributed by atoms with Gasteiger partial charge in [-0.2, -0.15) is 0 Å². The fourth-order valence-electron chi connectivity index (χ4n) is 4.59. The maximum atomic E-state index is 12.8. The van der Waals surface area contributed by atoms with Crippen LogP contribution in [-0.2, 0) is 0 Å². The SMILES string of the molecule is COc1ccc(C)cc1NC(=O)Nc1ccc(C2CCN(C(=O)Nc3ccc(OCC(O)CO)cc3Cl)CC2)cc1. The van der Waals surface area contributed by atoms with Gasteiger partial charge >= 0.3 is 12.1 Å². The third-order valence-corrected chi connectivity index (χ3v) is 7.17. The number of aliphatic hydroxyl groups is 2. The number of hydrogen-bond donors (Lipinski definition) is 5. The number of likely N-dealkylation sites (tertiary alicyclic amines) is 1. The topological polar surface area (TPSA) is 132 Å². The van der Waals surface area contributed by atoms with Crippen molar-refractivity contribution in [3.05, 3.63) is 76.8 Å². The number of amides is 4. The van der Waals surface area contributed by atoms with Crippen molar-refractivity contribution in [3.63, 3.8) is 0 Å². The van der Waals surface area contributed by atoms with Gasteiger partial charge in [0.1, 0.15) is 24.2 Å². The number of urea groups is 2. The molecule has 0 aliphatic carbocycles. The summed E-state index contributed by atoms with van der Waals surface area (Å²) in [6, 6.07) is 17.6. The first-order valence-electron chi connectivity index (χ1n) is 13.4. The van der Waals surface area contributed by atoms with Crippen LogP contribution in [0.15, 0.2) is 60.7 Å². The van der Waals surface area contributed by atoms with Crippen LogP contribution in [0.4, 0.5) is 26.7 Å². The molecule has 3 aromatic carbocycles. The first-order chi connectivity index (χ1) is 19.7. The average molecular weight is 583 g/mol. The summed E-state index contributed by atoms with van der Waals surface area (Å²) in [7, 11) is 1.56. The molecular formula is C30H35ClN4O6. The van der Waals surface area contributed by atoms with Gasteiger partial charge < -0.3 is 40.5 Å². The highest BCUT2D eigenvalue weighted by Crippen LogP contribution is 2.31. The lowest BCUT2D eigenvalue weighted by atomic mass is 9.89. The van der Waals surface area contributed by atoms with Crippen LogP contribution in [0.1, 0.15) is 29.9 Å². The molecule has 1 saturated heterocycles. The summed E-state index contributed by atoms with van der Waals surface area (Å²) in [5.74, 6) is 1.31. The van der Waals surface area contributed by atoms with Crippen molar-refractivity contribution >= 4 is 40.7 Å². The smallest absolute Gasteiger partial charge is 0.323 e. The van der Waals surface area contributed by atoms with E-state index in [1.165, 1.54) is 0 Å². The van der Waals surface area contributed by atoms with E-state index >= 15 is 0 Å². The van der Waals surface area contributed by atoms with E-state index in [1.54, 1.807) is 30.2 Å². The number of carbonyl (C=O) groups excluding carboxylic acids is 2. The third-order valence-electron chi connectivity index (χ3n) is 6.86. The van der Waals surface area contributed by atoms with E-state index < -0.39 is 12.7 Å². The second-order valence-corrected chi connectivity index (χ2v) is 10.3. The minimum atomic E-state index is -0.980. The largest absolute Gasteiger partial charge is 0.495 e. The Bertz CT molecular complexity index is 1350. The quantitative estimate of drug-likeness (QED) is 0.228. The number of aliphatic hydroxyl groups excluding tert-OH is 2. The second kappa shape index (κ2) is 14.1. The molecule has 1 fully saturated rings. The molecular weight excluding hydrogens is 548 g/mol. The molecule has 4 rings (SSSR count). The summed E-state index contributed by atoms with van der Waals surface area (Å²) in [5.41, 5.74) is 3.89. The molecule has 0 spiro atoms. The molecule has 4 amide bonds. The zero-order valence-electron chi connectivity index (χ0n) is 23.0. The lowest BCUT2D eigenvalue weighted by Crippen LogP contribution is -2.40. The summed E-state index contributed by atoms with van der Waals surface area (Å²) in [6.45, 7) is 2.67. The number of ether oxygens (including phenoxy) is 2. The van der Waals surface area contributed by atoms with Crippen LogP contribution in [0, 0.1) is 6.92 Å². The molecule has 1 aliphatic heterocycles. The molecule has 41 heavy (non-hydrogen) atoms. The van der Waals surface area contributed by atoms with E-state index in [9.17, 15) is 14.7 Å². The van der Waals surface area contributed by atoms with Gasteiger partial charge in [-0.3, -0.25) is 0 Å². The summed E-state index contributed by atoms with van der Waals surface area (Å²) >= 11 is 6.31. The summed E-state index contributed by atoms with van der Waals surface area (Å²) < 4.78 is 10.7. The molecule has 1 aliphatic rings. The van der Waals surface area contributed by atoms with Crippen LogP contribution in [0.2, 0.25) is 5.02 Å². The van der Waals surface area contributed by atoms with Crippen LogP contribution in [0.3, 0.4) is 0 Å². The Balaban J connectivity index is 1.25. The van der Waals surface area contributed by atoms with Gasteiger partial charge in [0.15, 0.2) is 0 Å². The third kappa shape index (κ3) is 8.26. The van der Waals surface area contributed by atoms with E-state index in [0.717, 1.165) is 24.0 Å². The standard InChI is InChI=1S/C30H35ClN4O6/c1-19-3-10-28(40-2)27(15-19)33-29(38)32-22-6-4-20(5-7-22)21-11-13-35(14-12-21)30(39)34-26-9-8-24(16-25(26)31)41-18-23(37)17-36/h3-10,15-16,21,23,36-37H,11-14,17-18H2,1-2H3,(H,34,39)(H2,32,33,38). The molecule has 5 N–H and O–H groups in total. The Morgan fingerprint density at radius 1 is 1.00 bits per heavy atom. The van der Waals surface area contributed by atoms with Crippen molar-refractivity contribution in [1.82, 2.24) is 4.90 Å². The first kappa shape index (κ1) is 30.0. The Morgan fingerprint density at radius 2 is 1.73 bits per heavy atom. The van der Waals surface area contributed by atoms with Crippen LogP contribution in [0.5, 0.6) is 11.5 Å². The van der Waals surface area contributed by atoms with Gasteiger partial charge in [0, 0.05) is 24.8 Å². The van der Waals surface area contributed by atoms with Gasteiger partial charge in [-0.25, -0.2) is 9.59 Å². The van der Waals surface area contributed by atoms with Gasteiger partial charge in [0.2, 0.25) is 0 Å². The zero-order valence-corrected chi connectivity index (χ0v) is 23.8. The van der Waals surface area contributed by atoms with E-state index in [-0.39, 0.29) is 18.7 Å². The van der Waals surface area contributed by atoms with Crippen LogP contribution < -0.4 is 25.4 Å². The molecule has 10 nitrogen and oxygen atoms in total. The first-order valence-corrected chi connectivity index (χ1v) is 13.7. The summed E-state index contributed by atoms with van der Waals surface area (Å²) in [4.78, 5) is 27.1. The number of methoxy groups -OCH3 is 1. The van der Waals surface area contributed by atoms with E-state index in [4.69, 9.17) is 26.2 Å². The van der Waals surface area contributed by atoms with Crippen molar-refractivity contribution in [1.29, 1.82) is 0 Å². The van der Waals surface area contributed by atoms with E-state index in [0.29, 0.717) is 52.6 Å². The average Bonchev–Trinajstić information content (AvgIpc) is 2.97. The summed E-state index contributed by atoms with van der Waals surface area (Å²) in [5, 5.41) is 27.1. The van der Waals surface area contributed by atoms with Crippen LogP contribution in [-0.4, -0.2) is 66.7 Å². The highest BCUT2D eigenvalue weighted by atomic mass is 35.5. The van der Waals surface area contributed by atoms with Crippen molar-refractivity contribution in [2.45, 2.75) is 31.8 Å². The normalized spacial score (nSPS) is 14.2. The Morgan fingerprint density at radius 3 is 2.39 bits per heavy atom. The molecule has 1 atom stereocenters. The maximum absolute atomic E-state index is 12.8. The van der Waals surface area contributed by atoms with Crippen molar-refractivity contribution < 1.29 is 29.3 Å². The number of halogens is 1. The second-order valence-electron chi connectivity index (χ2n) is 9.89. The fourth-order valence-corrected chi connectivity index (χ4v) is 4.80. The number of hydrogen-bond acceptors (Lipinski definition) is 6. The Labute approximate surface area is 244 Å². The summed E-state index contributed by atoms with van der Waals surface area (Å²) in [6.07, 6.45) is 0.634. The van der Waals surface area contributed by atoms with E-state index in [2.05, 4.69) is 16.0 Å². The van der Waals surface area contributed by atoms with Gasteiger partial charge in [0.25, 0.3) is 0 Å². The number of carbonyl (C=O) groups is 2. The zero-order chi connectivity index (χ0) is 29.4. The molecule has 0 saturated carbocycles. The molecule has 11 heteroatoms. The molecule has 3 aromatic rings. The van der Waals surface area contributed by atoms with Crippen molar-refractivity contribution in [2.75, 3.05) is 49.4 Å². The number of nitrogens with one attached hydrogen (secondary N) is 3. The van der Waals surface area contributed by atoms with Crippen LogP contribution >= 0.6 is 11.6 Å². The van der Waals surface area contributed by atoms with Gasteiger partial charge in [0.05, 0.1) is 30.1 Å². The number of anilines is 3. The van der Waals surface area contributed by atoms with Gasteiger partial charge in [-0.15, -0.1) is 0 Å². The lowest BCUT2D eigenvalue weighted by molar-refractivity contribution is 0.0536.